The molecule has 0 aliphatic carbocycles. The van der Waals surface area contributed by atoms with Crippen molar-refractivity contribution < 1.29 is 9.59 Å². The van der Waals surface area contributed by atoms with Gasteiger partial charge in [-0.15, -0.1) is 12.6 Å². The number of thiol groups is 1. The predicted molar refractivity (Wildman–Crippen MR) is 55.2 cm³/mol. The lowest BCUT2D eigenvalue weighted by Gasteiger charge is -2.04. The van der Waals surface area contributed by atoms with E-state index in [1.54, 1.807) is 24.3 Å². The minimum absolute atomic E-state index is 0.208. The Morgan fingerprint density at radius 3 is 2.57 bits per heavy atom. The van der Waals surface area contributed by atoms with Crippen LogP contribution in [0.25, 0.3) is 0 Å². The summed E-state index contributed by atoms with van der Waals surface area (Å²) in [6.45, 7) is -0.208. The summed E-state index contributed by atoms with van der Waals surface area (Å²) in [5.74, 6) is -0.988. The lowest BCUT2D eigenvalue weighted by molar-refractivity contribution is -0.118. The molecule has 1 aromatic rings. The second-order valence-corrected chi connectivity index (χ2v) is 3.08. The maximum Gasteiger partial charge on any atom is 0.259 e. The second-order valence-electron chi connectivity index (χ2n) is 2.60. The van der Waals surface area contributed by atoms with E-state index in [2.05, 4.69) is 17.9 Å². The highest BCUT2D eigenvalue weighted by Gasteiger charge is 2.10. The molecule has 0 heterocycles. The van der Waals surface area contributed by atoms with E-state index >= 15 is 0 Å². The first-order valence-electron chi connectivity index (χ1n) is 3.97. The fraction of sp³-hybridized carbons (Fsp3) is 0.111. The Bertz CT molecular complexity index is 366. The molecule has 1 rings (SSSR count). The Hall–Kier alpha value is -1.33. The van der Waals surface area contributed by atoms with Crippen molar-refractivity contribution in [1.29, 1.82) is 0 Å². The molecule has 0 spiro atoms. The SMILES string of the molecule is NCC(=O)NC(=O)c1ccccc1S. The third-order valence-electron chi connectivity index (χ3n) is 1.59. The fourth-order valence-corrected chi connectivity index (χ4v) is 1.17. The van der Waals surface area contributed by atoms with E-state index in [9.17, 15) is 9.59 Å². The smallest absolute Gasteiger partial charge is 0.259 e. The van der Waals surface area contributed by atoms with Crippen LogP contribution in [0.2, 0.25) is 0 Å². The van der Waals surface area contributed by atoms with Crippen molar-refractivity contribution in [3.63, 3.8) is 0 Å². The molecule has 0 aliphatic rings. The first-order valence-corrected chi connectivity index (χ1v) is 4.42. The number of hydrogen-bond acceptors (Lipinski definition) is 4. The summed E-state index contributed by atoms with van der Waals surface area (Å²) in [6, 6.07) is 6.71. The normalized spacial score (nSPS) is 9.57. The zero-order valence-electron chi connectivity index (χ0n) is 7.36. The molecule has 2 amide bonds. The second kappa shape index (κ2) is 4.78. The maximum absolute atomic E-state index is 11.4. The summed E-state index contributed by atoms with van der Waals surface area (Å²) < 4.78 is 0. The van der Waals surface area contributed by atoms with Gasteiger partial charge in [-0.2, -0.15) is 0 Å². The molecule has 0 aromatic heterocycles. The maximum atomic E-state index is 11.4. The molecule has 0 fully saturated rings. The van der Waals surface area contributed by atoms with Crippen molar-refractivity contribution in [3.8, 4) is 0 Å². The molecule has 0 unspecified atom stereocenters. The Kier molecular flexibility index (Phi) is 3.67. The van der Waals surface area contributed by atoms with Crippen molar-refractivity contribution in [2.24, 2.45) is 5.73 Å². The molecule has 0 atom stereocenters. The Balaban J connectivity index is 2.80. The number of amides is 2. The van der Waals surface area contributed by atoms with E-state index < -0.39 is 11.8 Å². The van der Waals surface area contributed by atoms with Crippen LogP contribution in [0.3, 0.4) is 0 Å². The topological polar surface area (TPSA) is 72.2 Å². The monoisotopic (exact) mass is 210 g/mol. The zero-order chi connectivity index (χ0) is 10.6. The summed E-state index contributed by atoms with van der Waals surface area (Å²) in [6.07, 6.45) is 0. The number of nitrogens with one attached hydrogen (secondary N) is 1. The van der Waals surface area contributed by atoms with Crippen molar-refractivity contribution in [1.82, 2.24) is 5.32 Å². The van der Waals surface area contributed by atoms with Crippen molar-refractivity contribution in [3.05, 3.63) is 29.8 Å². The van der Waals surface area contributed by atoms with Crippen LogP contribution in [-0.2, 0) is 4.79 Å². The van der Waals surface area contributed by atoms with E-state index in [0.29, 0.717) is 10.5 Å². The van der Waals surface area contributed by atoms with Crippen LogP contribution in [0.15, 0.2) is 29.2 Å². The minimum atomic E-state index is -0.508. The molecule has 0 aliphatic heterocycles. The van der Waals surface area contributed by atoms with E-state index in [-0.39, 0.29) is 6.54 Å². The third-order valence-corrected chi connectivity index (χ3v) is 1.98. The van der Waals surface area contributed by atoms with Crippen LogP contribution in [0.1, 0.15) is 10.4 Å². The lowest BCUT2D eigenvalue weighted by Crippen LogP contribution is -2.35. The molecule has 0 bridgehead atoms. The molecular formula is C9H10N2O2S. The van der Waals surface area contributed by atoms with Crippen LogP contribution in [0.4, 0.5) is 0 Å². The summed E-state index contributed by atoms with van der Waals surface area (Å²) in [4.78, 5) is 22.7. The molecular weight excluding hydrogens is 200 g/mol. The highest BCUT2D eigenvalue weighted by molar-refractivity contribution is 7.80. The van der Waals surface area contributed by atoms with Gasteiger partial charge in [-0.05, 0) is 12.1 Å². The van der Waals surface area contributed by atoms with E-state index in [1.807, 2.05) is 0 Å². The van der Waals surface area contributed by atoms with Crippen molar-refractivity contribution in [2.45, 2.75) is 4.90 Å². The Labute approximate surface area is 86.9 Å². The first-order chi connectivity index (χ1) is 6.65. The largest absolute Gasteiger partial charge is 0.322 e. The molecule has 0 radical (unpaired) electrons. The quantitative estimate of drug-likeness (QED) is 0.610. The van der Waals surface area contributed by atoms with Crippen LogP contribution < -0.4 is 11.1 Å². The molecule has 4 nitrogen and oxygen atoms in total. The lowest BCUT2D eigenvalue weighted by atomic mass is 10.2. The van der Waals surface area contributed by atoms with Gasteiger partial charge in [-0.1, -0.05) is 12.1 Å². The van der Waals surface area contributed by atoms with Gasteiger partial charge in [-0.25, -0.2) is 0 Å². The molecule has 5 heteroatoms. The van der Waals surface area contributed by atoms with E-state index in [4.69, 9.17) is 5.73 Å². The number of benzene rings is 1. The Morgan fingerprint density at radius 2 is 2.00 bits per heavy atom. The number of nitrogens with two attached hydrogens (primary N) is 1. The molecule has 3 N–H and O–H groups in total. The van der Waals surface area contributed by atoms with Crippen LogP contribution in [0, 0.1) is 0 Å². The number of carbonyl (C=O) groups excluding carboxylic acids is 2. The number of hydrogen-bond donors (Lipinski definition) is 3. The number of imide groups is 1. The fourth-order valence-electron chi connectivity index (χ4n) is 0.911. The number of carbonyl (C=O) groups is 2. The molecule has 74 valence electrons. The van der Waals surface area contributed by atoms with Gasteiger partial charge < -0.3 is 5.73 Å². The van der Waals surface area contributed by atoms with Gasteiger partial charge >= 0.3 is 0 Å². The summed E-state index contributed by atoms with van der Waals surface area (Å²) in [5.41, 5.74) is 5.41. The van der Waals surface area contributed by atoms with Gasteiger partial charge in [0.1, 0.15) is 0 Å². The van der Waals surface area contributed by atoms with Gasteiger partial charge in [0, 0.05) is 4.90 Å². The van der Waals surface area contributed by atoms with E-state index in [1.165, 1.54) is 0 Å². The highest BCUT2D eigenvalue weighted by Crippen LogP contribution is 2.12. The van der Waals surface area contributed by atoms with Crippen LogP contribution in [0.5, 0.6) is 0 Å². The van der Waals surface area contributed by atoms with Gasteiger partial charge in [0.05, 0.1) is 12.1 Å². The molecule has 1 aromatic carbocycles. The molecule has 0 saturated carbocycles. The predicted octanol–water partition coefficient (Wildman–Crippen LogP) is 0.190. The first kappa shape index (κ1) is 10.7. The van der Waals surface area contributed by atoms with Gasteiger partial charge in [-0.3, -0.25) is 14.9 Å². The molecule has 0 saturated heterocycles. The third kappa shape index (κ3) is 2.58. The zero-order valence-corrected chi connectivity index (χ0v) is 8.25. The summed E-state index contributed by atoms with van der Waals surface area (Å²) in [7, 11) is 0. The molecule has 14 heavy (non-hydrogen) atoms. The van der Waals surface area contributed by atoms with Crippen LogP contribution >= 0.6 is 12.6 Å². The average molecular weight is 210 g/mol. The Morgan fingerprint density at radius 1 is 1.36 bits per heavy atom. The number of rotatable bonds is 2. The van der Waals surface area contributed by atoms with Crippen molar-refractivity contribution in [2.75, 3.05) is 6.54 Å². The van der Waals surface area contributed by atoms with Gasteiger partial charge in [0.15, 0.2) is 0 Å². The highest BCUT2D eigenvalue weighted by atomic mass is 32.1. The van der Waals surface area contributed by atoms with Crippen LogP contribution in [-0.4, -0.2) is 18.4 Å². The summed E-state index contributed by atoms with van der Waals surface area (Å²) in [5, 5.41) is 2.13. The standard InChI is InChI=1S/C9H10N2O2S/c10-5-8(12)11-9(13)6-3-1-2-4-7(6)14/h1-4,14H,5,10H2,(H,11,12,13). The average Bonchev–Trinajstić information content (AvgIpc) is 2.18. The minimum Gasteiger partial charge on any atom is -0.322 e. The van der Waals surface area contributed by atoms with E-state index in [0.717, 1.165) is 0 Å². The van der Waals surface area contributed by atoms with Gasteiger partial charge in [0.25, 0.3) is 5.91 Å². The van der Waals surface area contributed by atoms with Crippen molar-refractivity contribution >= 4 is 24.4 Å². The van der Waals surface area contributed by atoms with Gasteiger partial charge in [0.2, 0.25) is 5.91 Å². The summed E-state index contributed by atoms with van der Waals surface area (Å²) >= 11 is 4.09.